The number of aromatic amines is 1. The molecule has 0 spiro atoms. The van der Waals surface area contributed by atoms with Crippen molar-refractivity contribution in [2.75, 3.05) is 13.7 Å². The number of esters is 1. The lowest BCUT2D eigenvalue weighted by Crippen LogP contribution is -2.06. The predicted octanol–water partition coefficient (Wildman–Crippen LogP) is 2.00. The van der Waals surface area contributed by atoms with E-state index in [1.54, 1.807) is 19.1 Å². The second-order valence-corrected chi connectivity index (χ2v) is 4.36. The summed E-state index contributed by atoms with van der Waals surface area (Å²) in [6.07, 6.45) is 1.26. The number of fused-ring (bicyclic) bond motifs is 3. The Kier molecular flexibility index (Phi) is 3.09. The first kappa shape index (κ1) is 13.2. The van der Waals surface area contributed by atoms with E-state index in [0.717, 1.165) is 0 Å². The van der Waals surface area contributed by atoms with Crippen molar-refractivity contribution >= 4 is 27.9 Å². The molecule has 0 saturated heterocycles. The van der Waals surface area contributed by atoms with Crippen LogP contribution < -0.4 is 4.74 Å². The summed E-state index contributed by atoms with van der Waals surface area (Å²) in [7, 11) is 1.47. The molecule has 3 rings (SSSR count). The first-order valence-corrected chi connectivity index (χ1v) is 6.36. The van der Waals surface area contributed by atoms with Gasteiger partial charge < -0.3 is 19.6 Å². The van der Waals surface area contributed by atoms with Crippen molar-refractivity contribution < 1.29 is 19.4 Å². The fraction of sp³-hybridized carbons (Fsp3) is 0.214. The van der Waals surface area contributed by atoms with Crippen molar-refractivity contribution in [2.45, 2.75) is 6.92 Å². The van der Waals surface area contributed by atoms with E-state index < -0.39 is 5.97 Å². The third-order valence-corrected chi connectivity index (χ3v) is 3.18. The van der Waals surface area contributed by atoms with Gasteiger partial charge in [0.2, 0.25) is 5.88 Å². The number of aromatic hydroxyl groups is 1. The molecule has 0 aliphatic carbocycles. The largest absolute Gasteiger partial charge is 0.496 e. The smallest absolute Gasteiger partial charge is 0.341 e. The van der Waals surface area contributed by atoms with Gasteiger partial charge in [0.25, 0.3) is 0 Å². The minimum Gasteiger partial charge on any atom is -0.496 e. The Labute approximate surface area is 119 Å². The molecule has 3 aromatic rings. The quantitative estimate of drug-likeness (QED) is 0.715. The number of methoxy groups -OCH3 is 1. The van der Waals surface area contributed by atoms with Gasteiger partial charge >= 0.3 is 5.97 Å². The summed E-state index contributed by atoms with van der Waals surface area (Å²) in [5.74, 6) is -0.229. The summed E-state index contributed by atoms with van der Waals surface area (Å²) in [6.45, 7) is 2.01. The lowest BCUT2D eigenvalue weighted by Gasteiger charge is -2.08. The molecule has 7 nitrogen and oxygen atoms in total. The molecule has 0 aliphatic heterocycles. The maximum Gasteiger partial charge on any atom is 0.341 e. The minimum atomic E-state index is -0.467. The van der Waals surface area contributed by atoms with Crippen molar-refractivity contribution in [1.29, 1.82) is 0 Å². The van der Waals surface area contributed by atoms with E-state index in [0.29, 0.717) is 33.2 Å². The van der Waals surface area contributed by atoms with E-state index >= 15 is 0 Å². The van der Waals surface area contributed by atoms with Gasteiger partial charge in [0, 0.05) is 10.9 Å². The number of hydrogen-bond acceptors (Lipinski definition) is 6. The fourth-order valence-corrected chi connectivity index (χ4v) is 2.27. The Morgan fingerprint density at radius 2 is 2.19 bits per heavy atom. The zero-order chi connectivity index (χ0) is 15.0. The normalized spacial score (nSPS) is 11.0. The number of nitrogens with one attached hydrogen (secondary N) is 1. The molecule has 0 atom stereocenters. The zero-order valence-corrected chi connectivity index (χ0v) is 11.5. The molecule has 108 valence electrons. The molecule has 2 aromatic heterocycles. The van der Waals surface area contributed by atoms with E-state index in [4.69, 9.17) is 9.47 Å². The Hall–Kier alpha value is -2.83. The van der Waals surface area contributed by atoms with E-state index in [9.17, 15) is 9.90 Å². The third-order valence-electron chi connectivity index (χ3n) is 3.18. The van der Waals surface area contributed by atoms with Crippen LogP contribution >= 0.6 is 0 Å². The van der Waals surface area contributed by atoms with Crippen LogP contribution in [-0.2, 0) is 4.74 Å². The van der Waals surface area contributed by atoms with Gasteiger partial charge in [0.15, 0.2) is 0 Å². The molecule has 7 heteroatoms. The van der Waals surface area contributed by atoms with Gasteiger partial charge in [-0.05, 0) is 19.1 Å². The topological polar surface area (TPSA) is 97.3 Å². The number of carbonyl (C=O) groups excluding carboxylic acids is 1. The van der Waals surface area contributed by atoms with Crippen LogP contribution in [0.2, 0.25) is 0 Å². The highest BCUT2D eigenvalue weighted by atomic mass is 16.5. The number of benzene rings is 1. The second-order valence-electron chi connectivity index (χ2n) is 4.36. The number of hydrogen-bond donors (Lipinski definition) is 2. The van der Waals surface area contributed by atoms with E-state index in [2.05, 4.69) is 15.0 Å². The summed E-state index contributed by atoms with van der Waals surface area (Å²) in [4.78, 5) is 22.8. The van der Waals surface area contributed by atoms with Crippen LogP contribution in [0.3, 0.4) is 0 Å². The number of nitrogens with zero attached hydrogens (tertiary/aromatic N) is 2. The molecular formula is C14H13N3O4. The highest BCUT2D eigenvalue weighted by Crippen LogP contribution is 2.34. The van der Waals surface area contributed by atoms with Crippen molar-refractivity contribution in [3.63, 3.8) is 0 Å². The Balaban J connectivity index is 2.31. The van der Waals surface area contributed by atoms with Gasteiger partial charge in [0.1, 0.15) is 23.3 Å². The number of carbonyl (C=O) groups is 1. The standard InChI is InChI=1S/C14H13N3O4/c1-3-21-14(19)8-4-9-7(5-10(8)20-2)11-12(17-9)15-6-16-13(11)18/h4-6H,3H2,1-2H3,(H2,15,16,17,18). The Morgan fingerprint density at radius 1 is 1.38 bits per heavy atom. The molecule has 0 unspecified atom stereocenters. The van der Waals surface area contributed by atoms with Crippen molar-refractivity contribution in [3.05, 3.63) is 24.0 Å². The van der Waals surface area contributed by atoms with E-state index in [-0.39, 0.29) is 12.5 Å². The molecule has 0 saturated carbocycles. The predicted molar refractivity (Wildman–Crippen MR) is 75.6 cm³/mol. The summed E-state index contributed by atoms with van der Waals surface area (Å²) >= 11 is 0. The van der Waals surface area contributed by atoms with Crippen LogP contribution in [0.5, 0.6) is 11.6 Å². The van der Waals surface area contributed by atoms with Crippen LogP contribution in [0.15, 0.2) is 18.5 Å². The highest BCUT2D eigenvalue weighted by Gasteiger charge is 2.18. The summed E-state index contributed by atoms with van der Waals surface area (Å²) in [6, 6.07) is 3.27. The van der Waals surface area contributed by atoms with Gasteiger partial charge in [0.05, 0.1) is 19.1 Å². The number of rotatable bonds is 3. The van der Waals surface area contributed by atoms with Crippen LogP contribution in [0.25, 0.3) is 21.9 Å². The summed E-state index contributed by atoms with van der Waals surface area (Å²) < 4.78 is 10.2. The third kappa shape index (κ3) is 2.03. The van der Waals surface area contributed by atoms with Crippen LogP contribution in [0.1, 0.15) is 17.3 Å². The Bertz CT molecular complexity index is 841. The summed E-state index contributed by atoms with van der Waals surface area (Å²) in [5, 5.41) is 11.0. The minimum absolute atomic E-state index is 0.128. The number of aromatic nitrogens is 3. The van der Waals surface area contributed by atoms with E-state index in [1.807, 2.05) is 0 Å². The average molecular weight is 287 g/mol. The summed E-state index contributed by atoms with van der Waals surface area (Å²) in [5.41, 5.74) is 1.44. The van der Waals surface area contributed by atoms with Crippen LogP contribution in [0, 0.1) is 0 Å². The molecule has 0 fully saturated rings. The number of H-pyrrole nitrogens is 1. The first-order valence-electron chi connectivity index (χ1n) is 6.36. The van der Waals surface area contributed by atoms with Gasteiger partial charge in [-0.25, -0.2) is 14.8 Å². The molecule has 0 aliphatic rings. The molecule has 0 amide bonds. The molecule has 2 heterocycles. The maximum atomic E-state index is 12.0. The highest BCUT2D eigenvalue weighted by molar-refractivity contribution is 6.11. The molecule has 2 N–H and O–H groups in total. The van der Waals surface area contributed by atoms with Crippen molar-refractivity contribution in [2.24, 2.45) is 0 Å². The molecule has 0 radical (unpaired) electrons. The lowest BCUT2D eigenvalue weighted by atomic mass is 10.1. The second kappa shape index (κ2) is 4.93. The molecule has 1 aromatic carbocycles. The molecule has 21 heavy (non-hydrogen) atoms. The molecule has 0 bridgehead atoms. The van der Waals surface area contributed by atoms with Gasteiger partial charge in [-0.2, -0.15) is 0 Å². The maximum absolute atomic E-state index is 12.0. The SMILES string of the molecule is CCOC(=O)c1cc2[nH]c3ncnc(O)c3c2cc1OC. The fourth-order valence-electron chi connectivity index (χ4n) is 2.27. The van der Waals surface area contributed by atoms with Crippen LogP contribution in [-0.4, -0.2) is 39.7 Å². The van der Waals surface area contributed by atoms with Gasteiger partial charge in [-0.3, -0.25) is 0 Å². The lowest BCUT2D eigenvalue weighted by molar-refractivity contribution is 0.0523. The van der Waals surface area contributed by atoms with Crippen molar-refractivity contribution in [1.82, 2.24) is 15.0 Å². The monoisotopic (exact) mass is 287 g/mol. The van der Waals surface area contributed by atoms with Crippen molar-refractivity contribution in [3.8, 4) is 11.6 Å². The average Bonchev–Trinajstić information content (AvgIpc) is 2.84. The van der Waals surface area contributed by atoms with Crippen LogP contribution in [0.4, 0.5) is 0 Å². The first-order chi connectivity index (χ1) is 10.2. The molecular weight excluding hydrogens is 274 g/mol. The zero-order valence-electron chi connectivity index (χ0n) is 11.5. The Morgan fingerprint density at radius 3 is 2.90 bits per heavy atom. The van der Waals surface area contributed by atoms with Gasteiger partial charge in [-0.1, -0.05) is 0 Å². The number of ether oxygens (including phenoxy) is 2. The van der Waals surface area contributed by atoms with E-state index in [1.165, 1.54) is 13.4 Å². The van der Waals surface area contributed by atoms with Gasteiger partial charge in [-0.15, -0.1) is 0 Å².